The van der Waals surface area contributed by atoms with Gasteiger partial charge in [0.25, 0.3) is 0 Å². The largest absolute Gasteiger partial charge is 0.496 e. The van der Waals surface area contributed by atoms with Gasteiger partial charge in [-0.15, -0.1) is 11.3 Å². The SMILES string of the molecule is COc1ccc(-c2nc(C(=O)O)c(C(C)=O)s2)cc1C. The molecule has 1 N–H and O–H groups in total. The molecule has 0 saturated heterocycles. The number of Topliss-reactive ketones (excluding diaryl/α,β-unsaturated/α-hetero) is 1. The van der Waals surface area contributed by atoms with Crippen LogP contribution in [0.2, 0.25) is 0 Å². The summed E-state index contributed by atoms with van der Waals surface area (Å²) in [4.78, 5) is 26.8. The van der Waals surface area contributed by atoms with Gasteiger partial charge >= 0.3 is 5.97 Å². The molecule has 104 valence electrons. The summed E-state index contributed by atoms with van der Waals surface area (Å²) in [5.41, 5.74) is 1.50. The number of aromatic carboxylic acids is 1. The number of carboxylic acids is 1. The molecule has 2 aromatic rings. The summed E-state index contributed by atoms with van der Waals surface area (Å²) in [6.45, 7) is 3.23. The van der Waals surface area contributed by atoms with E-state index in [1.165, 1.54) is 6.92 Å². The second-order valence-corrected chi connectivity index (χ2v) is 5.24. The molecule has 2 rings (SSSR count). The lowest BCUT2D eigenvalue weighted by Gasteiger charge is -2.05. The molecular weight excluding hydrogens is 278 g/mol. The minimum atomic E-state index is -1.19. The minimum absolute atomic E-state index is 0.168. The summed E-state index contributed by atoms with van der Waals surface area (Å²) in [6.07, 6.45) is 0. The third kappa shape index (κ3) is 2.55. The molecule has 5 nitrogen and oxygen atoms in total. The van der Waals surface area contributed by atoms with Crippen LogP contribution in [0.4, 0.5) is 0 Å². The van der Waals surface area contributed by atoms with Crippen LogP contribution < -0.4 is 4.74 Å². The van der Waals surface area contributed by atoms with Crippen molar-refractivity contribution in [3.63, 3.8) is 0 Å². The van der Waals surface area contributed by atoms with E-state index in [4.69, 9.17) is 9.84 Å². The number of hydrogen-bond donors (Lipinski definition) is 1. The van der Waals surface area contributed by atoms with Gasteiger partial charge in [-0.1, -0.05) is 0 Å². The Kier molecular flexibility index (Phi) is 3.85. The van der Waals surface area contributed by atoms with E-state index in [1.54, 1.807) is 19.2 Å². The van der Waals surface area contributed by atoms with Crippen molar-refractivity contribution in [3.05, 3.63) is 34.3 Å². The van der Waals surface area contributed by atoms with Crippen molar-refractivity contribution in [1.82, 2.24) is 4.98 Å². The van der Waals surface area contributed by atoms with Crippen molar-refractivity contribution in [2.75, 3.05) is 7.11 Å². The Labute approximate surface area is 119 Å². The van der Waals surface area contributed by atoms with Crippen LogP contribution >= 0.6 is 11.3 Å². The fourth-order valence-electron chi connectivity index (χ4n) is 1.84. The summed E-state index contributed by atoms with van der Waals surface area (Å²) in [5, 5.41) is 9.60. The van der Waals surface area contributed by atoms with Crippen molar-refractivity contribution in [2.24, 2.45) is 0 Å². The minimum Gasteiger partial charge on any atom is -0.496 e. The number of aryl methyl sites for hydroxylation is 1. The molecule has 0 saturated carbocycles. The zero-order valence-corrected chi connectivity index (χ0v) is 12.1. The van der Waals surface area contributed by atoms with Crippen LogP contribution in [0.3, 0.4) is 0 Å². The third-order valence-electron chi connectivity index (χ3n) is 2.79. The van der Waals surface area contributed by atoms with E-state index in [1.807, 2.05) is 13.0 Å². The number of hydrogen-bond acceptors (Lipinski definition) is 5. The van der Waals surface area contributed by atoms with Gasteiger partial charge in [0.05, 0.1) is 7.11 Å². The van der Waals surface area contributed by atoms with Crippen LogP contribution in [0, 0.1) is 6.92 Å². The first-order valence-corrected chi connectivity index (χ1v) is 6.65. The number of carboxylic acid groups (broad SMARTS) is 1. The van der Waals surface area contributed by atoms with Crippen molar-refractivity contribution < 1.29 is 19.4 Å². The predicted molar refractivity (Wildman–Crippen MR) is 75.8 cm³/mol. The number of rotatable bonds is 4. The Morgan fingerprint density at radius 3 is 2.50 bits per heavy atom. The molecule has 0 radical (unpaired) electrons. The van der Waals surface area contributed by atoms with Crippen molar-refractivity contribution in [3.8, 4) is 16.3 Å². The number of ether oxygens (including phenoxy) is 1. The fraction of sp³-hybridized carbons (Fsp3) is 0.214. The number of methoxy groups -OCH3 is 1. The molecule has 0 unspecified atom stereocenters. The third-order valence-corrected chi connectivity index (χ3v) is 4.00. The number of ketones is 1. The molecular formula is C14H13NO4S. The zero-order chi connectivity index (χ0) is 14.9. The van der Waals surface area contributed by atoms with E-state index in [0.29, 0.717) is 5.01 Å². The average molecular weight is 291 g/mol. The van der Waals surface area contributed by atoms with Crippen molar-refractivity contribution >= 4 is 23.1 Å². The van der Waals surface area contributed by atoms with Gasteiger partial charge in [-0.25, -0.2) is 9.78 Å². The van der Waals surface area contributed by atoms with E-state index >= 15 is 0 Å². The lowest BCUT2D eigenvalue weighted by molar-refractivity contribution is 0.0687. The Hall–Kier alpha value is -2.21. The Bertz CT molecular complexity index is 659. The molecule has 0 amide bonds. The van der Waals surface area contributed by atoms with Gasteiger partial charge in [0.2, 0.25) is 0 Å². The number of benzene rings is 1. The predicted octanol–water partition coefficient (Wildman–Crippen LogP) is 3.03. The van der Waals surface area contributed by atoms with Crippen LogP contribution in [-0.4, -0.2) is 29.0 Å². The molecule has 0 bridgehead atoms. The van der Waals surface area contributed by atoms with E-state index in [9.17, 15) is 9.59 Å². The van der Waals surface area contributed by atoms with Gasteiger partial charge in [0.15, 0.2) is 11.5 Å². The first-order chi connectivity index (χ1) is 9.43. The second kappa shape index (κ2) is 5.42. The van der Waals surface area contributed by atoms with Crippen LogP contribution in [0.1, 0.15) is 32.6 Å². The summed E-state index contributed by atoms with van der Waals surface area (Å²) in [5.74, 6) is -0.741. The van der Waals surface area contributed by atoms with Crippen LogP contribution in [0.5, 0.6) is 5.75 Å². The highest BCUT2D eigenvalue weighted by atomic mass is 32.1. The summed E-state index contributed by atoms with van der Waals surface area (Å²) >= 11 is 1.09. The number of carbonyl (C=O) groups excluding carboxylic acids is 1. The number of carbonyl (C=O) groups is 2. The van der Waals surface area contributed by atoms with Gasteiger partial charge in [0, 0.05) is 12.5 Å². The standard InChI is InChI=1S/C14H13NO4S/c1-7-6-9(4-5-10(7)19-3)13-15-11(14(17)18)12(20-13)8(2)16/h4-6H,1-3H3,(H,17,18). The summed E-state index contributed by atoms with van der Waals surface area (Å²) in [6, 6.07) is 5.44. The maximum absolute atomic E-state index is 11.5. The molecule has 0 spiro atoms. The highest BCUT2D eigenvalue weighted by molar-refractivity contribution is 7.17. The average Bonchev–Trinajstić information content (AvgIpc) is 2.84. The van der Waals surface area contributed by atoms with Gasteiger partial charge in [-0.2, -0.15) is 0 Å². The molecule has 0 fully saturated rings. The Balaban J connectivity index is 2.53. The molecule has 0 aliphatic carbocycles. The van der Waals surface area contributed by atoms with Crippen LogP contribution in [0.15, 0.2) is 18.2 Å². The molecule has 20 heavy (non-hydrogen) atoms. The highest BCUT2D eigenvalue weighted by Crippen LogP contribution is 2.31. The quantitative estimate of drug-likeness (QED) is 0.876. The van der Waals surface area contributed by atoms with Gasteiger partial charge in [0.1, 0.15) is 15.6 Å². The van der Waals surface area contributed by atoms with Crippen LogP contribution in [-0.2, 0) is 0 Å². The molecule has 0 aliphatic rings. The Morgan fingerprint density at radius 2 is 2.05 bits per heavy atom. The second-order valence-electron chi connectivity index (χ2n) is 4.24. The first kappa shape index (κ1) is 14.2. The topological polar surface area (TPSA) is 76.5 Å². The van der Waals surface area contributed by atoms with Gasteiger partial charge in [-0.3, -0.25) is 4.79 Å². The van der Waals surface area contributed by atoms with Crippen LogP contribution in [0.25, 0.3) is 10.6 Å². The first-order valence-electron chi connectivity index (χ1n) is 5.84. The number of nitrogens with zero attached hydrogens (tertiary/aromatic N) is 1. The number of aromatic nitrogens is 1. The molecule has 1 heterocycles. The molecule has 6 heteroatoms. The smallest absolute Gasteiger partial charge is 0.356 e. The normalized spacial score (nSPS) is 10.3. The van der Waals surface area contributed by atoms with Gasteiger partial charge < -0.3 is 9.84 Å². The lowest BCUT2D eigenvalue weighted by Crippen LogP contribution is -2.03. The molecule has 1 aromatic carbocycles. The van der Waals surface area contributed by atoms with Gasteiger partial charge in [-0.05, 0) is 30.7 Å². The number of thiazole rings is 1. The fourth-order valence-corrected chi connectivity index (χ4v) is 2.79. The summed E-state index contributed by atoms with van der Waals surface area (Å²) < 4.78 is 5.18. The lowest BCUT2D eigenvalue weighted by atomic mass is 10.1. The van der Waals surface area contributed by atoms with Crippen molar-refractivity contribution in [2.45, 2.75) is 13.8 Å². The molecule has 0 aliphatic heterocycles. The van der Waals surface area contributed by atoms with E-state index < -0.39 is 5.97 Å². The van der Waals surface area contributed by atoms with E-state index in [0.717, 1.165) is 28.2 Å². The summed E-state index contributed by atoms with van der Waals surface area (Å²) in [7, 11) is 1.59. The van der Waals surface area contributed by atoms with E-state index in [2.05, 4.69) is 4.98 Å². The van der Waals surface area contributed by atoms with Crippen molar-refractivity contribution in [1.29, 1.82) is 0 Å². The zero-order valence-electron chi connectivity index (χ0n) is 11.3. The molecule has 0 atom stereocenters. The Morgan fingerprint density at radius 1 is 1.35 bits per heavy atom. The monoisotopic (exact) mass is 291 g/mol. The maximum Gasteiger partial charge on any atom is 0.356 e. The maximum atomic E-state index is 11.5. The highest BCUT2D eigenvalue weighted by Gasteiger charge is 2.21. The molecule has 1 aromatic heterocycles. The van der Waals surface area contributed by atoms with E-state index in [-0.39, 0.29) is 16.4 Å².